The second kappa shape index (κ2) is 6.31. The van der Waals surface area contributed by atoms with Gasteiger partial charge in [-0.1, -0.05) is 6.08 Å². The molecule has 20 heavy (non-hydrogen) atoms. The minimum absolute atomic E-state index is 0.0621. The van der Waals surface area contributed by atoms with Crippen LogP contribution in [0.4, 0.5) is 5.82 Å². The molecule has 0 bridgehead atoms. The summed E-state index contributed by atoms with van der Waals surface area (Å²) in [5.74, 6) is -0.300. The first-order valence-electron chi connectivity index (χ1n) is 6.77. The van der Waals surface area contributed by atoms with E-state index in [1.807, 2.05) is 6.92 Å². The quantitative estimate of drug-likeness (QED) is 0.610. The van der Waals surface area contributed by atoms with Gasteiger partial charge in [0.15, 0.2) is 0 Å². The Balaban J connectivity index is 2.04. The highest BCUT2D eigenvalue weighted by atomic mass is 16.6. The number of rotatable bonds is 5. The van der Waals surface area contributed by atoms with Gasteiger partial charge in [0, 0.05) is 12.2 Å². The molecule has 0 aromatic carbocycles. The number of carbonyl (C=O) groups excluding carboxylic acids is 1. The van der Waals surface area contributed by atoms with Crippen LogP contribution in [0.25, 0.3) is 0 Å². The van der Waals surface area contributed by atoms with Gasteiger partial charge < -0.3 is 19.6 Å². The predicted octanol–water partition coefficient (Wildman–Crippen LogP) is 2.10. The fourth-order valence-electron chi connectivity index (χ4n) is 2.38. The molecule has 1 aromatic rings. The second-order valence-electron chi connectivity index (χ2n) is 4.74. The maximum absolute atomic E-state index is 12.3. The fraction of sp³-hybridized carbons (Fsp3) is 0.538. The number of imidazole rings is 1. The highest BCUT2D eigenvalue weighted by Gasteiger charge is 2.19. The number of hydrogen-bond donors (Lipinski definition) is 0. The Hall–Kier alpha value is -2.18. The first-order valence-corrected chi connectivity index (χ1v) is 6.77. The highest BCUT2D eigenvalue weighted by molar-refractivity contribution is 5.78. The third kappa shape index (κ3) is 3.23. The number of amides is 1. The maximum atomic E-state index is 12.3. The molecule has 0 atom stereocenters. The molecule has 0 fully saturated rings. The van der Waals surface area contributed by atoms with E-state index in [2.05, 4.69) is 11.1 Å². The molecule has 1 aliphatic rings. The second-order valence-corrected chi connectivity index (χ2v) is 4.74. The number of likely N-dealkylation sites (N-methyl/N-ethyl adjacent to an activating group) is 1. The lowest BCUT2D eigenvalue weighted by atomic mass is 10.0. The summed E-state index contributed by atoms with van der Waals surface area (Å²) < 4.78 is 1.45. The standard InChI is InChI=1S/C13H18N4O3/c1-2-16(11-6-4-3-5-7-11)13(18)9-15-8-12(14-10-15)17(19)20/h6,8,10H,2-5,7,9H2,1H3. The molecular formula is C13H18N4O3. The molecule has 1 amide bonds. The first-order chi connectivity index (χ1) is 9.61. The van der Waals surface area contributed by atoms with Crippen molar-refractivity contribution < 1.29 is 9.72 Å². The van der Waals surface area contributed by atoms with Crippen molar-refractivity contribution >= 4 is 11.7 Å². The van der Waals surface area contributed by atoms with Crippen molar-refractivity contribution in [1.29, 1.82) is 0 Å². The van der Waals surface area contributed by atoms with Crippen LogP contribution in [0.2, 0.25) is 0 Å². The van der Waals surface area contributed by atoms with Crippen molar-refractivity contribution in [3.63, 3.8) is 0 Å². The Morgan fingerprint density at radius 3 is 2.90 bits per heavy atom. The highest BCUT2D eigenvalue weighted by Crippen LogP contribution is 2.21. The van der Waals surface area contributed by atoms with E-state index in [1.165, 1.54) is 23.5 Å². The molecule has 0 saturated heterocycles. The van der Waals surface area contributed by atoms with Gasteiger partial charge in [-0.2, -0.15) is 0 Å². The molecule has 0 saturated carbocycles. The molecule has 0 spiro atoms. The molecule has 1 aromatic heterocycles. The summed E-state index contributed by atoms with van der Waals surface area (Å²) in [6.07, 6.45) is 8.91. The molecule has 1 heterocycles. The summed E-state index contributed by atoms with van der Waals surface area (Å²) in [5.41, 5.74) is 1.07. The van der Waals surface area contributed by atoms with Crippen molar-refractivity contribution in [1.82, 2.24) is 14.5 Å². The molecule has 7 nitrogen and oxygen atoms in total. The first kappa shape index (κ1) is 14.2. The number of nitro groups is 1. The van der Waals surface area contributed by atoms with Crippen molar-refractivity contribution in [2.75, 3.05) is 6.54 Å². The van der Waals surface area contributed by atoms with Gasteiger partial charge in [0.25, 0.3) is 0 Å². The van der Waals surface area contributed by atoms with E-state index in [0.29, 0.717) is 6.54 Å². The van der Waals surface area contributed by atoms with E-state index in [4.69, 9.17) is 0 Å². The van der Waals surface area contributed by atoms with E-state index in [1.54, 1.807) is 4.90 Å². The normalized spacial score (nSPS) is 14.8. The average molecular weight is 278 g/mol. The molecular weight excluding hydrogens is 260 g/mol. The number of allylic oxidation sites excluding steroid dienone is 2. The third-order valence-electron chi connectivity index (χ3n) is 3.36. The van der Waals surface area contributed by atoms with Gasteiger partial charge in [0.05, 0.1) is 0 Å². The Kier molecular flexibility index (Phi) is 4.49. The summed E-state index contributed by atoms with van der Waals surface area (Å²) in [5, 5.41) is 10.6. The van der Waals surface area contributed by atoms with Crippen molar-refractivity contribution in [3.8, 4) is 0 Å². The minimum atomic E-state index is -0.567. The van der Waals surface area contributed by atoms with Crippen LogP contribution in [-0.4, -0.2) is 31.8 Å². The molecule has 7 heteroatoms. The molecule has 2 rings (SSSR count). The van der Waals surface area contributed by atoms with Gasteiger partial charge in [0.1, 0.15) is 12.7 Å². The van der Waals surface area contributed by atoms with Crippen LogP contribution < -0.4 is 0 Å². The smallest absolute Gasteiger partial charge is 0.358 e. The van der Waals surface area contributed by atoms with Gasteiger partial charge in [-0.3, -0.25) is 4.79 Å². The van der Waals surface area contributed by atoms with Gasteiger partial charge >= 0.3 is 5.82 Å². The number of nitrogens with zero attached hydrogens (tertiary/aromatic N) is 4. The minimum Gasteiger partial charge on any atom is -0.358 e. The summed E-state index contributed by atoms with van der Waals surface area (Å²) in [4.78, 5) is 27.7. The van der Waals surface area contributed by atoms with Crippen LogP contribution in [0.15, 0.2) is 24.3 Å². The maximum Gasteiger partial charge on any atom is 0.381 e. The predicted molar refractivity (Wildman–Crippen MR) is 72.8 cm³/mol. The summed E-state index contributed by atoms with van der Waals surface area (Å²) in [6.45, 7) is 2.62. The van der Waals surface area contributed by atoms with E-state index in [9.17, 15) is 14.9 Å². The Morgan fingerprint density at radius 1 is 1.55 bits per heavy atom. The molecule has 1 aliphatic carbocycles. The van der Waals surface area contributed by atoms with E-state index < -0.39 is 4.92 Å². The van der Waals surface area contributed by atoms with Crippen LogP contribution in [-0.2, 0) is 11.3 Å². The lowest BCUT2D eigenvalue weighted by Gasteiger charge is -2.26. The van der Waals surface area contributed by atoms with Crippen LogP contribution >= 0.6 is 0 Å². The largest absolute Gasteiger partial charge is 0.381 e. The lowest BCUT2D eigenvalue weighted by Crippen LogP contribution is -2.33. The summed E-state index contributed by atoms with van der Waals surface area (Å²) in [7, 11) is 0. The van der Waals surface area contributed by atoms with E-state index >= 15 is 0 Å². The zero-order chi connectivity index (χ0) is 14.5. The van der Waals surface area contributed by atoms with Crippen molar-refractivity contribution in [2.45, 2.75) is 39.2 Å². The molecule has 0 unspecified atom stereocenters. The Morgan fingerprint density at radius 2 is 2.35 bits per heavy atom. The fourth-order valence-corrected chi connectivity index (χ4v) is 2.38. The molecule has 0 aliphatic heterocycles. The molecule has 0 N–H and O–H groups in total. The SMILES string of the molecule is CCN(C(=O)Cn1cnc([N+](=O)[O-])c1)C1=CCCCC1. The average Bonchev–Trinajstić information content (AvgIpc) is 2.89. The molecule has 108 valence electrons. The number of aromatic nitrogens is 2. The van der Waals surface area contributed by atoms with Crippen molar-refractivity contribution in [2.24, 2.45) is 0 Å². The van der Waals surface area contributed by atoms with Gasteiger partial charge in [-0.25, -0.2) is 0 Å². The topological polar surface area (TPSA) is 81.3 Å². The van der Waals surface area contributed by atoms with Crippen LogP contribution in [0.1, 0.15) is 32.6 Å². The van der Waals surface area contributed by atoms with Crippen LogP contribution in [0, 0.1) is 10.1 Å². The van der Waals surface area contributed by atoms with Gasteiger partial charge in [-0.15, -0.1) is 0 Å². The monoisotopic (exact) mass is 278 g/mol. The van der Waals surface area contributed by atoms with Crippen LogP contribution in [0.5, 0.6) is 0 Å². The van der Waals surface area contributed by atoms with Gasteiger partial charge in [0.2, 0.25) is 12.2 Å². The number of hydrogen-bond acceptors (Lipinski definition) is 4. The summed E-state index contributed by atoms with van der Waals surface area (Å²) in [6, 6.07) is 0. The van der Waals surface area contributed by atoms with E-state index in [-0.39, 0.29) is 18.3 Å². The van der Waals surface area contributed by atoms with E-state index in [0.717, 1.165) is 25.0 Å². The van der Waals surface area contributed by atoms with Crippen molar-refractivity contribution in [3.05, 3.63) is 34.4 Å². The zero-order valence-corrected chi connectivity index (χ0v) is 11.5. The Labute approximate surface area is 117 Å². The van der Waals surface area contributed by atoms with Gasteiger partial charge in [-0.05, 0) is 42.5 Å². The zero-order valence-electron chi connectivity index (χ0n) is 11.5. The molecule has 0 radical (unpaired) electrons. The lowest BCUT2D eigenvalue weighted by molar-refractivity contribution is -0.389. The number of carbonyl (C=O) groups is 1. The van der Waals surface area contributed by atoms with Crippen LogP contribution in [0.3, 0.4) is 0 Å². The summed E-state index contributed by atoms with van der Waals surface area (Å²) >= 11 is 0. The Bertz CT molecular complexity index is 535. The third-order valence-corrected chi connectivity index (χ3v) is 3.36.